The maximum atomic E-state index is 13.0. The first kappa shape index (κ1) is 23.3. The molecule has 7 heteroatoms. The van der Waals surface area contributed by atoms with E-state index >= 15 is 0 Å². The SMILES string of the molecule is CCN(c1ccc(OCC(=O)NCc2ccc(C)cc2)cc1)S(=O)(=O)c1ccc(C)cc1. The van der Waals surface area contributed by atoms with E-state index < -0.39 is 10.0 Å². The molecular weight excluding hydrogens is 424 g/mol. The van der Waals surface area contributed by atoms with Gasteiger partial charge in [0.05, 0.1) is 10.6 Å². The van der Waals surface area contributed by atoms with Crippen LogP contribution in [0.3, 0.4) is 0 Å². The molecule has 3 aromatic rings. The van der Waals surface area contributed by atoms with Crippen molar-refractivity contribution in [3.63, 3.8) is 0 Å². The predicted molar refractivity (Wildman–Crippen MR) is 126 cm³/mol. The van der Waals surface area contributed by atoms with Gasteiger partial charge < -0.3 is 10.1 Å². The van der Waals surface area contributed by atoms with Crippen molar-refractivity contribution in [1.82, 2.24) is 5.32 Å². The zero-order chi connectivity index (χ0) is 23.1. The maximum Gasteiger partial charge on any atom is 0.264 e. The number of amides is 1. The maximum absolute atomic E-state index is 13.0. The molecule has 3 aromatic carbocycles. The van der Waals surface area contributed by atoms with Gasteiger partial charge >= 0.3 is 0 Å². The molecule has 0 fully saturated rings. The third-order valence-corrected chi connectivity index (χ3v) is 6.92. The van der Waals surface area contributed by atoms with Gasteiger partial charge in [-0.25, -0.2) is 8.42 Å². The van der Waals surface area contributed by atoms with Crippen LogP contribution in [-0.2, 0) is 21.4 Å². The highest BCUT2D eigenvalue weighted by molar-refractivity contribution is 7.92. The number of rotatable bonds is 9. The molecule has 0 saturated carbocycles. The molecule has 0 heterocycles. The van der Waals surface area contributed by atoms with Crippen molar-refractivity contribution in [2.75, 3.05) is 17.5 Å². The van der Waals surface area contributed by atoms with Crippen molar-refractivity contribution < 1.29 is 17.9 Å². The molecule has 0 radical (unpaired) electrons. The van der Waals surface area contributed by atoms with Crippen LogP contribution in [0.2, 0.25) is 0 Å². The van der Waals surface area contributed by atoms with Crippen molar-refractivity contribution >= 4 is 21.6 Å². The summed E-state index contributed by atoms with van der Waals surface area (Å²) in [6.07, 6.45) is 0. The summed E-state index contributed by atoms with van der Waals surface area (Å²) in [4.78, 5) is 12.3. The van der Waals surface area contributed by atoms with Gasteiger partial charge in [0.25, 0.3) is 15.9 Å². The van der Waals surface area contributed by atoms with Crippen molar-refractivity contribution in [3.05, 3.63) is 89.5 Å². The molecule has 0 bridgehead atoms. The van der Waals surface area contributed by atoms with E-state index in [1.165, 1.54) is 9.87 Å². The second kappa shape index (κ2) is 10.3. The van der Waals surface area contributed by atoms with Crippen LogP contribution in [0.15, 0.2) is 77.7 Å². The fourth-order valence-corrected chi connectivity index (χ4v) is 4.62. The summed E-state index contributed by atoms with van der Waals surface area (Å²) in [7, 11) is -3.67. The third-order valence-electron chi connectivity index (χ3n) is 5.00. The average Bonchev–Trinajstić information content (AvgIpc) is 2.79. The number of hydrogen-bond donors (Lipinski definition) is 1. The lowest BCUT2D eigenvalue weighted by Gasteiger charge is -2.23. The quantitative estimate of drug-likeness (QED) is 0.528. The summed E-state index contributed by atoms with van der Waals surface area (Å²) >= 11 is 0. The molecule has 0 aromatic heterocycles. The minimum absolute atomic E-state index is 0.121. The van der Waals surface area contributed by atoms with E-state index in [1.807, 2.05) is 38.1 Å². The fourth-order valence-electron chi connectivity index (χ4n) is 3.14. The van der Waals surface area contributed by atoms with Crippen LogP contribution >= 0.6 is 0 Å². The number of nitrogens with zero attached hydrogens (tertiary/aromatic N) is 1. The van der Waals surface area contributed by atoms with E-state index in [-0.39, 0.29) is 24.0 Å². The van der Waals surface area contributed by atoms with Crippen LogP contribution in [0, 0.1) is 13.8 Å². The molecule has 0 atom stereocenters. The first-order valence-corrected chi connectivity index (χ1v) is 11.9. The Hall–Kier alpha value is -3.32. The van der Waals surface area contributed by atoms with Crippen molar-refractivity contribution in [2.45, 2.75) is 32.2 Å². The number of nitrogens with one attached hydrogen (secondary N) is 1. The summed E-state index contributed by atoms with van der Waals surface area (Å²) in [6.45, 7) is 6.31. The molecule has 0 unspecified atom stereocenters. The highest BCUT2D eigenvalue weighted by Gasteiger charge is 2.23. The topological polar surface area (TPSA) is 75.7 Å². The van der Waals surface area contributed by atoms with Gasteiger partial charge in [-0.1, -0.05) is 47.5 Å². The van der Waals surface area contributed by atoms with Crippen molar-refractivity contribution in [2.24, 2.45) is 0 Å². The Morgan fingerprint density at radius 1 is 0.875 bits per heavy atom. The Kier molecular flexibility index (Phi) is 7.53. The van der Waals surface area contributed by atoms with Crippen LogP contribution in [0.5, 0.6) is 5.75 Å². The molecule has 0 aliphatic carbocycles. The Morgan fingerprint density at radius 3 is 2.00 bits per heavy atom. The predicted octanol–water partition coefficient (Wildman–Crippen LogP) is 4.21. The molecule has 0 aliphatic rings. The van der Waals surface area contributed by atoms with Gasteiger partial charge in [0, 0.05) is 13.1 Å². The lowest BCUT2D eigenvalue weighted by atomic mass is 10.1. The second-order valence-electron chi connectivity index (χ2n) is 7.53. The Labute approximate surface area is 189 Å². The number of sulfonamides is 1. The molecule has 32 heavy (non-hydrogen) atoms. The number of hydrogen-bond acceptors (Lipinski definition) is 4. The van der Waals surface area contributed by atoms with Gasteiger partial charge in [-0.05, 0) is 62.7 Å². The molecular formula is C25H28N2O4S. The number of carbonyl (C=O) groups is 1. The Balaban J connectivity index is 1.59. The first-order chi connectivity index (χ1) is 15.3. The van der Waals surface area contributed by atoms with E-state index in [1.54, 1.807) is 55.5 Å². The van der Waals surface area contributed by atoms with E-state index in [9.17, 15) is 13.2 Å². The molecule has 168 valence electrons. The number of anilines is 1. The van der Waals surface area contributed by atoms with Crippen LogP contribution < -0.4 is 14.4 Å². The minimum atomic E-state index is -3.67. The van der Waals surface area contributed by atoms with Gasteiger partial charge in [-0.3, -0.25) is 9.10 Å². The zero-order valence-electron chi connectivity index (χ0n) is 18.5. The lowest BCUT2D eigenvalue weighted by molar-refractivity contribution is -0.123. The highest BCUT2D eigenvalue weighted by Crippen LogP contribution is 2.25. The van der Waals surface area contributed by atoms with Gasteiger partial charge in [0.2, 0.25) is 0 Å². The number of benzene rings is 3. The van der Waals surface area contributed by atoms with Crippen molar-refractivity contribution in [3.8, 4) is 5.75 Å². The van der Waals surface area contributed by atoms with Gasteiger partial charge in [0.15, 0.2) is 6.61 Å². The largest absolute Gasteiger partial charge is 0.484 e. The highest BCUT2D eigenvalue weighted by atomic mass is 32.2. The standard InChI is InChI=1S/C25H28N2O4S/c1-4-27(32(29,30)24-15-7-20(3)8-16-24)22-11-13-23(14-12-22)31-18-25(28)26-17-21-9-5-19(2)6-10-21/h5-16H,4,17-18H2,1-3H3,(H,26,28). The van der Waals surface area contributed by atoms with Gasteiger partial charge in [-0.2, -0.15) is 0 Å². The first-order valence-electron chi connectivity index (χ1n) is 10.4. The van der Waals surface area contributed by atoms with E-state index in [0.717, 1.165) is 11.1 Å². The van der Waals surface area contributed by atoms with Crippen LogP contribution in [0.1, 0.15) is 23.6 Å². The van der Waals surface area contributed by atoms with Gasteiger partial charge in [-0.15, -0.1) is 0 Å². The normalized spacial score (nSPS) is 11.1. The zero-order valence-corrected chi connectivity index (χ0v) is 19.4. The molecule has 1 amide bonds. The van der Waals surface area contributed by atoms with Gasteiger partial charge in [0.1, 0.15) is 5.75 Å². The Bertz CT molecular complexity index is 1140. The smallest absolute Gasteiger partial charge is 0.264 e. The monoisotopic (exact) mass is 452 g/mol. The minimum Gasteiger partial charge on any atom is -0.484 e. The Morgan fingerprint density at radius 2 is 1.44 bits per heavy atom. The molecule has 1 N–H and O–H groups in total. The van der Waals surface area contributed by atoms with Crippen LogP contribution in [0.25, 0.3) is 0 Å². The van der Waals surface area contributed by atoms with Crippen LogP contribution in [0.4, 0.5) is 5.69 Å². The summed E-state index contributed by atoms with van der Waals surface area (Å²) in [5.41, 5.74) is 3.71. The third kappa shape index (κ3) is 5.88. The molecule has 0 spiro atoms. The lowest BCUT2D eigenvalue weighted by Crippen LogP contribution is -2.30. The molecule has 3 rings (SSSR count). The number of carbonyl (C=O) groups excluding carboxylic acids is 1. The van der Waals surface area contributed by atoms with E-state index in [0.29, 0.717) is 18.0 Å². The number of aryl methyl sites for hydroxylation is 2. The second-order valence-corrected chi connectivity index (χ2v) is 9.39. The number of ether oxygens (including phenoxy) is 1. The van der Waals surface area contributed by atoms with E-state index in [2.05, 4.69) is 5.32 Å². The summed E-state index contributed by atoms with van der Waals surface area (Å²) in [5, 5.41) is 2.82. The molecule has 0 aliphatic heterocycles. The van der Waals surface area contributed by atoms with E-state index in [4.69, 9.17) is 4.74 Å². The fraction of sp³-hybridized carbons (Fsp3) is 0.240. The van der Waals surface area contributed by atoms with Crippen LogP contribution in [-0.4, -0.2) is 27.5 Å². The summed E-state index contributed by atoms with van der Waals surface area (Å²) < 4.78 is 32.9. The molecule has 6 nitrogen and oxygen atoms in total. The summed E-state index contributed by atoms with van der Waals surface area (Å²) in [5.74, 6) is 0.259. The summed E-state index contributed by atoms with van der Waals surface area (Å²) in [6, 6.07) is 21.4. The van der Waals surface area contributed by atoms with Crippen molar-refractivity contribution in [1.29, 1.82) is 0 Å². The average molecular weight is 453 g/mol. The molecule has 0 saturated heterocycles.